The van der Waals surface area contributed by atoms with E-state index in [1.165, 1.54) is 4.68 Å². The van der Waals surface area contributed by atoms with E-state index < -0.39 is 0 Å². The highest BCUT2D eigenvalue weighted by Gasteiger charge is 2.16. The summed E-state index contributed by atoms with van der Waals surface area (Å²) in [4.78, 5) is 0. The van der Waals surface area contributed by atoms with Crippen LogP contribution < -0.4 is 10.5 Å². The molecule has 0 amide bonds. The molecule has 0 fully saturated rings. The zero-order valence-corrected chi connectivity index (χ0v) is 11.5. The molecule has 0 unspecified atom stereocenters. The van der Waals surface area contributed by atoms with E-state index in [9.17, 15) is 0 Å². The lowest BCUT2D eigenvalue weighted by Gasteiger charge is -2.08. The molecule has 0 radical (unpaired) electrons. The van der Waals surface area contributed by atoms with Crippen molar-refractivity contribution in [3.8, 4) is 17.7 Å². The van der Waals surface area contributed by atoms with Gasteiger partial charge in [0.05, 0.1) is 10.2 Å². The molecule has 0 bridgehead atoms. The van der Waals surface area contributed by atoms with Crippen molar-refractivity contribution in [2.75, 3.05) is 5.73 Å². The number of anilines is 1. The summed E-state index contributed by atoms with van der Waals surface area (Å²) < 4.78 is 8.01. The highest BCUT2D eigenvalue weighted by Crippen LogP contribution is 2.33. The second-order valence-corrected chi connectivity index (χ2v) is 4.65. The second-order valence-electron chi connectivity index (χ2n) is 3.79. The second kappa shape index (κ2) is 4.70. The normalized spacial score (nSPS) is 10.1. The van der Waals surface area contributed by atoms with Gasteiger partial charge in [-0.3, -0.25) is 0 Å². The number of ether oxygens (including phenoxy) is 1. The smallest absolute Gasteiger partial charge is 0.235 e. The van der Waals surface area contributed by atoms with Crippen LogP contribution in [0.15, 0.2) is 22.7 Å². The zero-order chi connectivity index (χ0) is 13.3. The van der Waals surface area contributed by atoms with Gasteiger partial charge in [0.25, 0.3) is 0 Å². The Kier molecular flexibility index (Phi) is 3.26. The average molecular weight is 307 g/mol. The van der Waals surface area contributed by atoms with Crippen LogP contribution in [0.2, 0.25) is 0 Å². The van der Waals surface area contributed by atoms with E-state index >= 15 is 0 Å². The standard InChI is InChI=1S/C12H11BrN4O/c1-7-9(6-14)12(17(2)16-7)18-11-5-8(15)3-4-10(11)13/h3-5H,15H2,1-2H3. The molecule has 5 nitrogen and oxygen atoms in total. The van der Waals surface area contributed by atoms with Gasteiger partial charge in [0, 0.05) is 18.8 Å². The Bertz CT molecular complexity index is 642. The summed E-state index contributed by atoms with van der Waals surface area (Å²) >= 11 is 3.37. The number of aryl methyl sites for hydroxylation is 2. The van der Waals surface area contributed by atoms with Crippen molar-refractivity contribution >= 4 is 21.6 Å². The Morgan fingerprint density at radius 1 is 1.50 bits per heavy atom. The lowest BCUT2D eigenvalue weighted by molar-refractivity contribution is 0.427. The van der Waals surface area contributed by atoms with Gasteiger partial charge < -0.3 is 10.5 Å². The van der Waals surface area contributed by atoms with Crippen LogP contribution in [0.4, 0.5) is 5.69 Å². The van der Waals surface area contributed by atoms with Crippen LogP contribution in [0.1, 0.15) is 11.3 Å². The Morgan fingerprint density at radius 3 is 2.89 bits per heavy atom. The molecule has 0 saturated carbocycles. The van der Waals surface area contributed by atoms with Gasteiger partial charge in [0.2, 0.25) is 5.88 Å². The number of nitrogen functional groups attached to an aromatic ring is 1. The monoisotopic (exact) mass is 306 g/mol. The highest BCUT2D eigenvalue weighted by molar-refractivity contribution is 9.10. The molecule has 2 aromatic rings. The maximum atomic E-state index is 9.09. The lowest BCUT2D eigenvalue weighted by atomic mass is 10.3. The van der Waals surface area contributed by atoms with Gasteiger partial charge in [-0.1, -0.05) is 0 Å². The quantitative estimate of drug-likeness (QED) is 0.865. The highest BCUT2D eigenvalue weighted by atomic mass is 79.9. The van der Waals surface area contributed by atoms with Crippen molar-refractivity contribution in [3.63, 3.8) is 0 Å². The molecule has 2 N–H and O–H groups in total. The molecule has 1 aromatic heterocycles. The molecule has 1 aromatic carbocycles. The predicted molar refractivity (Wildman–Crippen MR) is 71.3 cm³/mol. The van der Waals surface area contributed by atoms with Crippen LogP contribution in [0.5, 0.6) is 11.6 Å². The molecule has 1 heterocycles. The summed E-state index contributed by atoms with van der Waals surface area (Å²) in [5.74, 6) is 0.954. The van der Waals surface area contributed by atoms with Gasteiger partial charge in [0.15, 0.2) is 0 Å². The molecule has 0 saturated heterocycles. The number of nitrogens with zero attached hydrogens (tertiary/aromatic N) is 3. The maximum Gasteiger partial charge on any atom is 0.235 e. The van der Waals surface area contributed by atoms with E-state index in [0.29, 0.717) is 28.6 Å². The fourth-order valence-electron chi connectivity index (χ4n) is 1.59. The number of halogens is 1. The van der Waals surface area contributed by atoms with Crippen LogP contribution in [0.25, 0.3) is 0 Å². The predicted octanol–water partition coefficient (Wildman–Crippen LogP) is 2.74. The summed E-state index contributed by atoms with van der Waals surface area (Å²) in [6.07, 6.45) is 0. The summed E-state index contributed by atoms with van der Waals surface area (Å²) in [6, 6.07) is 7.32. The summed E-state index contributed by atoms with van der Waals surface area (Å²) in [5, 5.41) is 13.2. The largest absolute Gasteiger partial charge is 0.437 e. The van der Waals surface area contributed by atoms with Crippen molar-refractivity contribution in [1.29, 1.82) is 5.26 Å². The Morgan fingerprint density at radius 2 is 2.22 bits per heavy atom. The summed E-state index contributed by atoms with van der Waals surface area (Å²) in [7, 11) is 1.73. The number of rotatable bonds is 2. The third kappa shape index (κ3) is 2.17. The van der Waals surface area contributed by atoms with Gasteiger partial charge in [-0.05, 0) is 35.0 Å². The first kappa shape index (κ1) is 12.5. The number of aromatic nitrogens is 2. The van der Waals surface area contributed by atoms with Gasteiger partial charge in [-0.15, -0.1) is 0 Å². The van der Waals surface area contributed by atoms with Crippen LogP contribution in [0, 0.1) is 18.3 Å². The maximum absolute atomic E-state index is 9.09. The molecule has 2 rings (SSSR count). The number of hydrogen-bond donors (Lipinski definition) is 1. The van der Waals surface area contributed by atoms with E-state index in [-0.39, 0.29) is 0 Å². The Balaban J connectivity index is 2.46. The fraction of sp³-hybridized carbons (Fsp3) is 0.167. The molecule has 0 aliphatic carbocycles. The first-order chi connectivity index (χ1) is 8.52. The van der Waals surface area contributed by atoms with Crippen molar-refractivity contribution in [1.82, 2.24) is 9.78 Å². The molecular weight excluding hydrogens is 296 g/mol. The van der Waals surface area contributed by atoms with Crippen molar-refractivity contribution in [2.45, 2.75) is 6.92 Å². The van der Waals surface area contributed by atoms with E-state index in [2.05, 4.69) is 27.1 Å². The van der Waals surface area contributed by atoms with Gasteiger partial charge in [-0.2, -0.15) is 10.4 Å². The number of nitriles is 1. The van der Waals surface area contributed by atoms with E-state index in [1.54, 1.807) is 32.2 Å². The van der Waals surface area contributed by atoms with E-state index in [4.69, 9.17) is 15.7 Å². The Labute approximate surface area is 113 Å². The average Bonchev–Trinajstić information content (AvgIpc) is 2.58. The molecule has 0 atom stereocenters. The van der Waals surface area contributed by atoms with Crippen molar-refractivity contribution in [2.24, 2.45) is 7.05 Å². The first-order valence-corrected chi connectivity index (χ1v) is 5.98. The minimum atomic E-state index is 0.404. The van der Waals surface area contributed by atoms with Crippen molar-refractivity contribution < 1.29 is 4.74 Å². The summed E-state index contributed by atoms with van der Waals surface area (Å²) in [6.45, 7) is 1.76. The molecule has 18 heavy (non-hydrogen) atoms. The van der Waals surface area contributed by atoms with Gasteiger partial charge in [0.1, 0.15) is 17.4 Å². The van der Waals surface area contributed by atoms with Crippen LogP contribution in [-0.2, 0) is 7.05 Å². The molecule has 0 spiro atoms. The van der Waals surface area contributed by atoms with Crippen molar-refractivity contribution in [3.05, 3.63) is 33.9 Å². The lowest BCUT2D eigenvalue weighted by Crippen LogP contribution is -1.97. The van der Waals surface area contributed by atoms with Crippen LogP contribution in [0.3, 0.4) is 0 Å². The molecule has 0 aliphatic rings. The molecule has 92 valence electrons. The minimum Gasteiger partial charge on any atom is -0.437 e. The molecule has 0 aliphatic heterocycles. The SMILES string of the molecule is Cc1nn(C)c(Oc2cc(N)ccc2Br)c1C#N. The van der Waals surface area contributed by atoms with E-state index in [0.717, 1.165) is 4.47 Å². The third-order valence-corrected chi connectivity index (χ3v) is 3.10. The molecular formula is C12H11BrN4O. The number of benzene rings is 1. The minimum absolute atomic E-state index is 0.404. The first-order valence-electron chi connectivity index (χ1n) is 5.19. The zero-order valence-electron chi connectivity index (χ0n) is 9.94. The third-order valence-electron chi connectivity index (χ3n) is 2.44. The molecule has 6 heteroatoms. The summed E-state index contributed by atoms with van der Waals surface area (Å²) in [5.41, 5.74) is 7.35. The van der Waals surface area contributed by atoms with Crippen LogP contribution >= 0.6 is 15.9 Å². The fourth-order valence-corrected chi connectivity index (χ4v) is 1.91. The Hall–Kier alpha value is -2.00. The number of nitrogens with two attached hydrogens (primary N) is 1. The number of hydrogen-bond acceptors (Lipinski definition) is 4. The topological polar surface area (TPSA) is 76.9 Å². The van der Waals surface area contributed by atoms with Gasteiger partial charge >= 0.3 is 0 Å². The van der Waals surface area contributed by atoms with Gasteiger partial charge in [-0.25, -0.2) is 4.68 Å². The van der Waals surface area contributed by atoms with Crippen LogP contribution in [-0.4, -0.2) is 9.78 Å². The van der Waals surface area contributed by atoms with E-state index in [1.807, 2.05) is 0 Å².